The number of nitrogens with zero attached hydrogens (tertiary/aromatic N) is 2. The molecule has 0 spiro atoms. The Bertz CT molecular complexity index is 3190. The predicted molar refractivity (Wildman–Crippen MR) is 332 cm³/mol. The van der Waals surface area contributed by atoms with E-state index < -0.39 is 0 Å². The van der Waals surface area contributed by atoms with Crippen LogP contribution in [0.4, 0.5) is 68.2 Å². The molecule has 10 aromatic rings. The minimum atomic E-state index is 0. The van der Waals surface area contributed by atoms with E-state index in [1.807, 2.05) is 159 Å². The number of para-hydroxylation sites is 4. The largest absolute Gasteiger partial charge is 0.379 e. The summed E-state index contributed by atoms with van der Waals surface area (Å²) in [5.74, 6) is 0. The number of benzene rings is 10. The Morgan fingerprint density at radius 1 is 0.286 bits per heavy atom. The first kappa shape index (κ1) is 53.6. The lowest BCUT2D eigenvalue weighted by Crippen LogP contribution is -2.10. The van der Waals surface area contributed by atoms with Crippen LogP contribution in [0.15, 0.2) is 277 Å². The first-order valence-corrected chi connectivity index (χ1v) is 25.8. The predicted octanol–water partition coefficient (Wildman–Crippen LogP) is 19.6. The number of rotatable bonds is 18. The van der Waals surface area contributed by atoms with Crippen molar-refractivity contribution >= 4 is 79.7 Å². The zero-order valence-electron chi connectivity index (χ0n) is 43.5. The van der Waals surface area contributed by atoms with Crippen molar-refractivity contribution < 1.29 is 0 Å². The summed E-state index contributed by atoms with van der Waals surface area (Å²) in [6.07, 6.45) is 0. The highest BCUT2D eigenvalue weighted by Crippen LogP contribution is 2.28. The van der Waals surface area contributed by atoms with Crippen LogP contribution in [0.1, 0.15) is 69.5 Å². The van der Waals surface area contributed by atoms with Gasteiger partial charge in [0.05, 0.1) is 11.4 Å². The van der Waals surface area contributed by atoms with Crippen molar-refractivity contribution in [2.45, 2.75) is 47.2 Å². The Balaban J connectivity index is 0.000000201. The summed E-state index contributed by atoms with van der Waals surface area (Å²) in [5, 5.41) is 20.9. The van der Waals surface area contributed by atoms with E-state index in [4.69, 9.17) is 9.98 Å². The molecule has 384 valence electrons. The van der Waals surface area contributed by atoms with Crippen molar-refractivity contribution in [3.63, 3.8) is 0 Å². The van der Waals surface area contributed by atoms with E-state index in [0.29, 0.717) is 0 Å². The fraction of sp³-hybridized carbons (Fsp3) is 0.101. The van der Waals surface area contributed by atoms with Gasteiger partial charge >= 0.3 is 0 Å². The van der Waals surface area contributed by atoms with E-state index >= 15 is 0 Å². The average Bonchev–Trinajstić information content (AvgIpc) is 3.46. The van der Waals surface area contributed by atoms with Gasteiger partial charge in [-0.3, -0.25) is 9.98 Å². The van der Waals surface area contributed by atoms with E-state index in [0.717, 1.165) is 90.8 Å². The second-order valence-electron chi connectivity index (χ2n) is 18.6. The smallest absolute Gasteiger partial charge is 0.0634 e. The van der Waals surface area contributed by atoms with Crippen molar-refractivity contribution in [3.05, 3.63) is 289 Å². The lowest BCUT2D eigenvalue weighted by atomic mass is 10.0. The maximum atomic E-state index is 4.85. The third-order valence-corrected chi connectivity index (χ3v) is 12.7. The van der Waals surface area contributed by atoms with E-state index in [9.17, 15) is 0 Å². The standard InChI is InChI=1S/C34H34N4.C34H30N4.CH4/c2*1-25(35-31-16-20-33(21-17-31)37-29-12-5-3-6-13-29)27-10-9-11-28(24-27)26(2)36-32-18-22-34(23-19-32)38-30-14-7-4-8-15-30;/h3-26,35-38H,1-2H3;3-24,37-38H,1-2H3;1H4. The molecule has 6 N–H and O–H groups in total. The van der Waals surface area contributed by atoms with Crippen LogP contribution in [0.2, 0.25) is 0 Å². The third kappa shape index (κ3) is 16.2. The lowest BCUT2D eigenvalue weighted by molar-refractivity contribution is 0.852. The molecule has 10 rings (SSSR count). The Morgan fingerprint density at radius 2 is 0.545 bits per heavy atom. The zero-order chi connectivity index (χ0) is 52.3. The Hall–Kier alpha value is -9.66. The molecule has 0 fully saturated rings. The Morgan fingerprint density at radius 3 is 0.857 bits per heavy atom. The summed E-state index contributed by atoms with van der Waals surface area (Å²) in [4.78, 5) is 9.70. The number of hydrogen-bond acceptors (Lipinski definition) is 8. The molecule has 10 aromatic carbocycles. The molecular formula is C69H68N8. The van der Waals surface area contributed by atoms with Gasteiger partial charge in [-0.15, -0.1) is 0 Å². The van der Waals surface area contributed by atoms with Crippen molar-refractivity contribution in [2.75, 3.05) is 31.9 Å². The molecule has 0 aliphatic heterocycles. The fourth-order valence-corrected chi connectivity index (χ4v) is 8.54. The van der Waals surface area contributed by atoms with Crippen molar-refractivity contribution in [2.24, 2.45) is 9.98 Å². The lowest BCUT2D eigenvalue weighted by Gasteiger charge is -2.20. The summed E-state index contributed by atoms with van der Waals surface area (Å²) >= 11 is 0. The molecule has 0 bridgehead atoms. The molecule has 8 heteroatoms. The molecule has 0 saturated carbocycles. The van der Waals surface area contributed by atoms with Crippen LogP contribution in [0.25, 0.3) is 0 Å². The molecular weight excluding hydrogens is 941 g/mol. The first-order chi connectivity index (χ1) is 37.2. The van der Waals surface area contributed by atoms with Crippen molar-refractivity contribution in [1.29, 1.82) is 0 Å². The molecule has 2 atom stereocenters. The van der Waals surface area contributed by atoms with Gasteiger partial charge in [0.1, 0.15) is 0 Å². The second kappa shape index (κ2) is 27.0. The van der Waals surface area contributed by atoms with Crippen LogP contribution < -0.4 is 31.9 Å². The van der Waals surface area contributed by atoms with Gasteiger partial charge in [-0.05, 0) is 202 Å². The summed E-state index contributed by atoms with van der Waals surface area (Å²) in [5.41, 5.74) is 19.1. The summed E-state index contributed by atoms with van der Waals surface area (Å²) in [7, 11) is 0. The van der Waals surface area contributed by atoms with E-state index in [2.05, 4.69) is 167 Å². The number of anilines is 10. The van der Waals surface area contributed by atoms with Gasteiger partial charge in [-0.1, -0.05) is 123 Å². The molecule has 77 heavy (non-hydrogen) atoms. The molecule has 0 aromatic heterocycles. The molecule has 0 amide bonds. The second-order valence-corrected chi connectivity index (χ2v) is 18.6. The SMILES string of the molecule is C.CC(=Nc1ccc(Nc2ccccc2)cc1)c1cccc(C(C)=Nc2ccc(Nc3ccccc3)cc2)c1.CC(Nc1ccc(Nc2ccccc2)cc1)c1cccc(C(C)Nc2ccc(Nc3ccccc3)cc2)c1. The highest BCUT2D eigenvalue weighted by Gasteiger charge is 2.11. The minimum Gasteiger partial charge on any atom is -0.379 e. The van der Waals surface area contributed by atoms with Crippen LogP contribution in [-0.4, -0.2) is 11.4 Å². The first-order valence-electron chi connectivity index (χ1n) is 25.8. The Labute approximate surface area is 455 Å². The summed E-state index contributed by atoms with van der Waals surface area (Å²) in [6.45, 7) is 8.48. The normalized spacial score (nSPS) is 11.8. The van der Waals surface area contributed by atoms with Crippen molar-refractivity contribution in [1.82, 2.24) is 0 Å². The van der Waals surface area contributed by atoms with Gasteiger partial charge < -0.3 is 31.9 Å². The molecule has 0 heterocycles. The Kier molecular flexibility index (Phi) is 18.8. The molecule has 0 aliphatic carbocycles. The van der Waals surface area contributed by atoms with E-state index in [-0.39, 0.29) is 19.5 Å². The van der Waals surface area contributed by atoms with Gasteiger partial charge in [0.15, 0.2) is 0 Å². The number of hydrogen-bond donors (Lipinski definition) is 6. The van der Waals surface area contributed by atoms with Gasteiger partial charge in [0.2, 0.25) is 0 Å². The summed E-state index contributed by atoms with van der Waals surface area (Å²) < 4.78 is 0. The molecule has 0 aliphatic rings. The average molecular weight is 1010 g/mol. The fourth-order valence-electron chi connectivity index (χ4n) is 8.54. The summed E-state index contributed by atoms with van der Waals surface area (Å²) in [6, 6.07) is 91.4. The van der Waals surface area contributed by atoms with Crippen molar-refractivity contribution in [3.8, 4) is 0 Å². The quantitative estimate of drug-likeness (QED) is 0.0480. The maximum absolute atomic E-state index is 4.85. The van der Waals surface area contributed by atoms with Crippen LogP contribution in [-0.2, 0) is 0 Å². The van der Waals surface area contributed by atoms with Crippen LogP contribution in [0.5, 0.6) is 0 Å². The van der Waals surface area contributed by atoms with Gasteiger partial charge in [0, 0.05) is 80.4 Å². The topological polar surface area (TPSA) is 96.9 Å². The van der Waals surface area contributed by atoms with E-state index in [1.165, 1.54) is 11.1 Å². The van der Waals surface area contributed by atoms with Crippen LogP contribution >= 0.6 is 0 Å². The van der Waals surface area contributed by atoms with Gasteiger partial charge in [-0.2, -0.15) is 0 Å². The molecule has 8 nitrogen and oxygen atoms in total. The number of aliphatic imine (C=N–C) groups is 2. The number of nitrogens with one attached hydrogen (secondary N) is 6. The molecule has 0 saturated heterocycles. The van der Waals surface area contributed by atoms with Crippen LogP contribution in [0.3, 0.4) is 0 Å². The van der Waals surface area contributed by atoms with E-state index in [1.54, 1.807) is 0 Å². The molecule has 2 unspecified atom stereocenters. The monoisotopic (exact) mass is 1010 g/mol. The molecule has 0 radical (unpaired) electrons. The third-order valence-electron chi connectivity index (χ3n) is 12.7. The van der Waals surface area contributed by atoms with Gasteiger partial charge in [-0.25, -0.2) is 0 Å². The highest BCUT2D eigenvalue weighted by molar-refractivity contribution is 6.05. The minimum absolute atomic E-state index is 0. The highest BCUT2D eigenvalue weighted by atomic mass is 14.9. The zero-order valence-corrected chi connectivity index (χ0v) is 43.5. The van der Waals surface area contributed by atoms with Gasteiger partial charge in [0.25, 0.3) is 0 Å². The maximum Gasteiger partial charge on any atom is 0.0634 e. The van der Waals surface area contributed by atoms with Crippen LogP contribution in [0, 0.1) is 0 Å².